The summed E-state index contributed by atoms with van der Waals surface area (Å²) in [5, 5.41) is 0. The third kappa shape index (κ3) is 3.13. The predicted molar refractivity (Wildman–Crippen MR) is 53.4 cm³/mol. The molecule has 0 radical (unpaired) electrons. The minimum atomic E-state index is -0.102. The molecule has 0 unspecified atom stereocenters. The van der Waals surface area contributed by atoms with Crippen molar-refractivity contribution in [2.45, 2.75) is 13.8 Å². The molecule has 0 heterocycles. The van der Waals surface area contributed by atoms with Crippen LogP contribution < -0.4 is 0 Å². The van der Waals surface area contributed by atoms with Crippen molar-refractivity contribution in [2.75, 3.05) is 0 Å². The van der Waals surface area contributed by atoms with Crippen molar-refractivity contribution in [2.24, 2.45) is 5.92 Å². The van der Waals surface area contributed by atoms with E-state index in [9.17, 15) is 4.79 Å². The fourth-order valence-corrected chi connectivity index (χ4v) is 0.872. The second kappa shape index (κ2) is 4.47. The van der Waals surface area contributed by atoms with Gasteiger partial charge in [-0.3, -0.25) is 4.79 Å². The molecular weight excluding hydrogens is 160 g/mol. The molecule has 1 nitrogen and oxygen atoms in total. The lowest BCUT2D eigenvalue weighted by Crippen LogP contribution is -1.94. The molecule has 0 aliphatic rings. The fraction of sp³-hybridized carbons (Fsp3) is 0.250. The van der Waals surface area contributed by atoms with Crippen LogP contribution in [0.15, 0.2) is 30.3 Å². The number of ketones is 1. The van der Waals surface area contributed by atoms with E-state index in [2.05, 4.69) is 11.8 Å². The summed E-state index contributed by atoms with van der Waals surface area (Å²) in [4.78, 5) is 11.4. The van der Waals surface area contributed by atoms with Crippen molar-refractivity contribution in [1.29, 1.82) is 0 Å². The van der Waals surface area contributed by atoms with Crippen LogP contribution in [0.4, 0.5) is 0 Å². The van der Waals surface area contributed by atoms with E-state index in [0.29, 0.717) is 5.56 Å². The molecule has 0 spiro atoms. The Balaban J connectivity index is 2.78. The minimum absolute atomic E-state index is 0.102. The summed E-state index contributed by atoms with van der Waals surface area (Å²) in [6.45, 7) is 3.93. The van der Waals surface area contributed by atoms with E-state index in [4.69, 9.17) is 0 Å². The van der Waals surface area contributed by atoms with Crippen LogP contribution in [0.3, 0.4) is 0 Å². The third-order valence-corrected chi connectivity index (χ3v) is 1.51. The van der Waals surface area contributed by atoms with Gasteiger partial charge in [0.05, 0.1) is 0 Å². The van der Waals surface area contributed by atoms with Crippen LogP contribution in [0.5, 0.6) is 0 Å². The molecule has 13 heavy (non-hydrogen) atoms. The summed E-state index contributed by atoms with van der Waals surface area (Å²) in [6.07, 6.45) is 0. The monoisotopic (exact) mass is 172 g/mol. The average molecular weight is 172 g/mol. The second-order valence-electron chi connectivity index (χ2n) is 3.12. The normalized spacial score (nSPS) is 9.15. The topological polar surface area (TPSA) is 17.1 Å². The van der Waals surface area contributed by atoms with Gasteiger partial charge in [0.1, 0.15) is 0 Å². The van der Waals surface area contributed by atoms with Gasteiger partial charge in [-0.05, 0) is 5.92 Å². The van der Waals surface area contributed by atoms with Crippen LogP contribution in [-0.4, -0.2) is 5.78 Å². The van der Waals surface area contributed by atoms with Crippen molar-refractivity contribution in [3.8, 4) is 11.8 Å². The molecule has 0 N–H and O–H groups in total. The number of carbonyl (C=O) groups excluding carboxylic acids is 1. The number of hydrogen-bond donors (Lipinski definition) is 0. The maximum Gasteiger partial charge on any atom is 0.235 e. The van der Waals surface area contributed by atoms with Gasteiger partial charge >= 0.3 is 0 Å². The van der Waals surface area contributed by atoms with Crippen LogP contribution >= 0.6 is 0 Å². The van der Waals surface area contributed by atoms with Gasteiger partial charge in [-0.1, -0.05) is 50.1 Å². The summed E-state index contributed by atoms with van der Waals surface area (Å²) >= 11 is 0. The summed E-state index contributed by atoms with van der Waals surface area (Å²) < 4.78 is 0. The Morgan fingerprint density at radius 1 is 1.23 bits per heavy atom. The minimum Gasteiger partial charge on any atom is -0.279 e. The zero-order valence-electron chi connectivity index (χ0n) is 7.87. The molecule has 0 atom stereocenters. The standard InChI is InChI=1S/C12H12O/c1-10(2)8-9-12(13)11-6-4-3-5-7-11/h3-7,10H,1-2H3. The summed E-state index contributed by atoms with van der Waals surface area (Å²) in [5.74, 6) is 5.59. The number of rotatable bonds is 1. The van der Waals surface area contributed by atoms with Gasteiger partial charge in [-0.2, -0.15) is 0 Å². The average Bonchev–Trinajstić information content (AvgIpc) is 2.15. The quantitative estimate of drug-likeness (QED) is 0.361. The van der Waals surface area contributed by atoms with Gasteiger partial charge in [0, 0.05) is 11.5 Å². The van der Waals surface area contributed by atoms with Gasteiger partial charge in [0.25, 0.3) is 0 Å². The molecule has 0 saturated carbocycles. The molecule has 66 valence electrons. The Hall–Kier alpha value is -1.55. The first-order valence-electron chi connectivity index (χ1n) is 4.31. The SMILES string of the molecule is CC(C)C#CC(=O)c1ccccc1. The van der Waals surface area contributed by atoms with Gasteiger partial charge in [0.2, 0.25) is 5.78 Å². The molecule has 0 amide bonds. The van der Waals surface area contributed by atoms with Crippen molar-refractivity contribution < 1.29 is 4.79 Å². The molecule has 1 aromatic rings. The molecule has 1 aromatic carbocycles. The highest BCUT2D eigenvalue weighted by Gasteiger charge is 1.98. The first-order chi connectivity index (χ1) is 6.20. The Morgan fingerprint density at radius 3 is 2.38 bits per heavy atom. The highest BCUT2D eigenvalue weighted by atomic mass is 16.1. The van der Waals surface area contributed by atoms with Crippen LogP contribution in [0.2, 0.25) is 0 Å². The van der Waals surface area contributed by atoms with E-state index in [0.717, 1.165) is 0 Å². The number of Topliss-reactive ketones (excluding diaryl/α,β-unsaturated/α-hetero) is 1. The van der Waals surface area contributed by atoms with Gasteiger partial charge in [-0.15, -0.1) is 0 Å². The number of hydrogen-bond acceptors (Lipinski definition) is 1. The largest absolute Gasteiger partial charge is 0.279 e. The van der Waals surface area contributed by atoms with Gasteiger partial charge < -0.3 is 0 Å². The van der Waals surface area contributed by atoms with Crippen LogP contribution in [0.25, 0.3) is 0 Å². The molecule has 1 rings (SSSR count). The molecule has 0 aromatic heterocycles. The van der Waals surface area contributed by atoms with E-state index in [1.165, 1.54) is 0 Å². The zero-order chi connectivity index (χ0) is 9.68. The van der Waals surface area contributed by atoms with Crippen molar-refractivity contribution in [3.05, 3.63) is 35.9 Å². The van der Waals surface area contributed by atoms with E-state index in [1.807, 2.05) is 32.0 Å². The first-order valence-corrected chi connectivity index (χ1v) is 4.31. The summed E-state index contributed by atoms with van der Waals surface area (Å²) in [5.41, 5.74) is 0.663. The fourth-order valence-electron chi connectivity index (χ4n) is 0.872. The lowest BCUT2D eigenvalue weighted by molar-refractivity contribution is 0.105. The Labute approximate surface area is 78.8 Å². The first kappa shape index (κ1) is 9.54. The second-order valence-corrected chi connectivity index (χ2v) is 3.12. The van der Waals surface area contributed by atoms with Crippen molar-refractivity contribution in [1.82, 2.24) is 0 Å². The molecule has 0 fully saturated rings. The summed E-state index contributed by atoms with van der Waals surface area (Å²) in [7, 11) is 0. The van der Waals surface area contributed by atoms with Crippen LogP contribution in [0.1, 0.15) is 24.2 Å². The van der Waals surface area contributed by atoms with Crippen LogP contribution in [0, 0.1) is 17.8 Å². The van der Waals surface area contributed by atoms with E-state index in [1.54, 1.807) is 12.1 Å². The lowest BCUT2D eigenvalue weighted by Gasteiger charge is -1.91. The molecular formula is C12H12O. The van der Waals surface area contributed by atoms with E-state index < -0.39 is 0 Å². The molecule has 0 bridgehead atoms. The highest BCUT2D eigenvalue weighted by molar-refractivity contribution is 6.08. The van der Waals surface area contributed by atoms with E-state index >= 15 is 0 Å². The number of carbonyl (C=O) groups is 1. The summed E-state index contributed by atoms with van der Waals surface area (Å²) in [6, 6.07) is 9.11. The van der Waals surface area contributed by atoms with E-state index in [-0.39, 0.29) is 11.7 Å². The molecule has 0 aliphatic heterocycles. The molecule has 1 heteroatoms. The Kier molecular flexibility index (Phi) is 3.28. The Bertz CT molecular complexity index is 338. The predicted octanol–water partition coefficient (Wildman–Crippen LogP) is 2.53. The van der Waals surface area contributed by atoms with Gasteiger partial charge in [0.15, 0.2) is 0 Å². The van der Waals surface area contributed by atoms with Gasteiger partial charge in [-0.25, -0.2) is 0 Å². The zero-order valence-corrected chi connectivity index (χ0v) is 7.87. The number of benzene rings is 1. The van der Waals surface area contributed by atoms with Crippen molar-refractivity contribution in [3.63, 3.8) is 0 Å². The maximum atomic E-state index is 11.4. The lowest BCUT2D eigenvalue weighted by atomic mass is 10.1. The molecule has 0 saturated heterocycles. The van der Waals surface area contributed by atoms with Crippen LogP contribution in [-0.2, 0) is 0 Å². The Morgan fingerprint density at radius 2 is 1.85 bits per heavy atom. The smallest absolute Gasteiger partial charge is 0.235 e. The molecule has 0 aliphatic carbocycles. The maximum absolute atomic E-state index is 11.4. The third-order valence-electron chi connectivity index (χ3n) is 1.51. The van der Waals surface area contributed by atoms with Crippen molar-refractivity contribution >= 4 is 5.78 Å². The highest BCUT2D eigenvalue weighted by Crippen LogP contribution is 1.99.